The molecule has 0 aliphatic heterocycles. The summed E-state index contributed by atoms with van der Waals surface area (Å²) >= 11 is -0.295. The van der Waals surface area contributed by atoms with Crippen LogP contribution in [-0.4, -0.2) is 11.4 Å². The lowest BCUT2D eigenvalue weighted by Crippen LogP contribution is -2.13. The van der Waals surface area contributed by atoms with E-state index in [0.29, 0.717) is 5.69 Å². The van der Waals surface area contributed by atoms with Crippen molar-refractivity contribution in [2.45, 2.75) is 10.4 Å². The van der Waals surface area contributed by atoms with E-state index >= 15 is 0 Å². The second-order valence-corrected chi connectivity index (χ2v) is 4.97. The van der Waals surface area contributed by atoms with Crippen LogP contribution in [-0.2, 0) is 0 Å². The molecule has 0 fully saturated rings. The fraction of sp³-hybridized carbons (Fsp3) is 0.0714. The number of carbonyl (C=O) groups excluding carboxylic acids is 1. The monoisotopic (exact) mass is 297 g/mol. The number of carbonyl (C=O) groups is 1. The standard InChI is InChI=1S/C14H10F3NOS/c15-14(16,17)20-12-9-5-4-8-11(12)13(19)18-10-6-2-1-3-7-10/h1-9H,(H,18,19). The zero-order valence-corrected chi connectivity index (χ0v) is 11.0. The van der Waals surface area contributed by atoms with Crippen molar-refractivity contribution in [3.05, 3.63) is 60.2 Å². The van der Waals surface area contributed by atoms with E-state index in [2.05, 4.69) is 5.32 Å². The molecule has 2 aromatic carbocycles. The van der Waals surface area contributed by atoms with Gasteiger partial charge in [-0.15, -0.1) is 0 Å². The smallest absolute Gasteiger partial charge is 0.322 e. The van der Waals surface area contributed by atoms with Gasteiger partial charge in [0.25, 0.3) is 5.91 Å². The largest absolute Gasteiger partial charge is 0.446 e. The van der Waals surface area contributed by atoms with E-state index in [1.54, 1.807) is 30.3 Å². The Hall–Kier alpha value is -1.95. The molecule has 0 aliphatic carbocycles. The van der Waals surface area contributed by atoms with E-state index in [0.717, 1.165) is 0 Å². The Morgan fingerprint density at radius 2 is 1.55 bits per heavy atom. The first-order valence-corrected chi connectivity index (χ1v) is 6.48. The van der Waals surface area contributed by atoms with Crippen LogP contribution in [0, 0.1) is 0 Å². The summed E-state index contributed by atoms with van der Waals surface area (Å²) in [6.07, 6.45) is 0. The molecule has 0 spiro atoms. The second-order valence-electron chi connectivity index (χ2n) is 3.86. The number of rotatable bonds is 3. The summed E-state index contributed by atoms with van der Waals surface area (Å²) in [5, 5.41) is 2.56. The van der Waals surface area contributed by atoms with Crippen molar-refractivity contribution in [2.75, 3.05) is 5.32 Å². The Kier molecular flexibility index (Phi) is 4.34. The predicted molar refractivity (Wildman–Crippen MR) is 72.7 cm³/mol. The maximum absolute atomic E-state index is 12.4. The summed E-state index contributed by atoms with van der Waals surface area (Å²) < 4.78 is 37.3. The van der Waals surface area contributed by atoms with Crippen LogP contribution in [0.3, 0.4) is 0 Å². The fourth-order valence-corrected chi connectivity index (χ4v) is 2.25. The third-order valence-electron chi connectivity index (χ3n) is 2.39. The van der Waals surface area contributed by atoms with Gasteiger partial charge in [-0.05, 0) is 36.0 Å². The average molecular weight is 297 g/mol. The number of nitrogens with one attached hydrogen (secondary N) is 1. The molecule has 1 N–H and O–H groups in total. The number of benzene rings is 2. The van der Waals surface area contributed by atoms with Crippen LogP contribution in [0.2, 0.25) is 0 Å². The number of para-hydroxylation sites is 1. The summed E-state index contributed by atoms with van der Waals surface area (Å²) in [4.78, 5) is 11.9. The van der Waals surface area contributed by atoms with Gasteiger partial charge < -0.3 is 5.32 Å². The molecule has 1 amide bonds. The van der Waals surface area contributed by atoms with Crippen molar-refractivity contribution in [3.8, 4) is 0 Å². The molecule has 0 bridgehead atoms. The van der Waals surface area contributed by atoms with Crippen LogP contribution in [0.25, 0.3) is 0 Å². The third-order valence-corrected chi connectivity index (χ3v) is 3.20. The molecule has 2 rings (SSSR count). The molecule has 2 aromatic rings. The molecular weight excluding hydrogens is 287 g/mol. The van der Waals surface area contributed by atoms with Crippen molar-refractivity contribution in [3.63, 3.8) is 0 Å². The van der Waals surface area contributed by atoms with Gasteiger partial charge in [0, 0.05) is 10.6 Å². The van der Waals surface area contributed by atoms with Crippen LogP contribution in [0.15, 0.2) is 59.5 Å². The molecular formula is C14H10F3NOS. The van der Waals surface area contributed by atoms with Crippen LogP contribution in [0.4, 0.5) is 18.9 Å². The minimum Gasteiger partial charge on any atom is -0.322 e. The van der Waals surface area contributed by atoms with E-state index < -0.39 is 11.4 Å². The van der Waals surface area contributed by atoms with Crippen molar-refractivity contribution in [1.29, 1.82) is 0 Å². The van der Waals surface area contributed by atoms with Gasteiger partial charge in [-0.3, -0.25) is 4.79 Å². The first-order valence-electron chi connectivity index (χ1n) is 5.67. The predicted octanol–water partition coefficient (Wildman–Crippen LogP) is 4.55. The molecule has 0 aliphatic rings. The molecule has 6 heteroatoms. The number of hydrogen-bond donors (Lipinski definition) is 1. The lowest BCUT2D eigenvalue weighted by molar-refractivity contribution is -0.0328. The molecule has 0 aromatic heterocycles. The molecule has 0 saturated heterocycles. The topological polar surface area (TPSA) is 29.1 Å². The Morgan fingerprint density at radius 3 is 2.20 bits per heavy atom. The minimum atomic E-state index is -4.43. The lowest BCUT2D eigenvalue weighted by atomic mass is 10.2. The number of thioether (sulfide) groups is 1. The molecule has 0 heterocycles. The Labute approximate surface area is 118 Å². The number of amides is 1. The van der Waals surface area contributed by atoms with Crippen LogP contribution < -0.4 is 5.32 Å². The van der Waals surface area contributed by atoms with Crippen LogP contribution in [0.5, 0.6) is 0 Å². The SMILES string of the molecule is O=C(Nc1ccccc1)c1ccccc1SC(F)(F)F. The molecule has 0 atom stereocenters. The van der Waals surface area contributed by atoms with Gasteiger partial charge in [-0.2, -0.15) is 13.2 Å². The van der Waals surface area contributed by atoms with Gasteiger partial charge in [-0.25, -0.2) is 0 Å². The van der Waals surface area contributed by atoms with Crippen molar-refractivity contribution >= 4 is 23.4 Å². The summed E-state index contributed by atoms with van der Waals surface area (Å²) in [7, 11) is 0. The summed E-state index contributed by atoms with van der Waals surface area (Å²) in [5.41, 5.74) is -3.90. The highest BCUT2D eigenvalue weighted by Gasteiger charge is 2.31. The molecule has 0 saturated carbocycles. The van der Waals surface area contributed by atoms with E-state index in [1.165, 1.54) is 24.3 Å². The van der Waals surface area contributed by atoms with E-state index in [9.17, 15) is 18.0 Å². The lowest BCUT2D eigenvalue weighted by Gasteiger charge is -2.11. The van der Waals surface area contributed by atoms with Gasteiger partial charge in [0.2, 0.25) is 0 Å². The third kappa shape index (κ3) is 4.03. The van der Waals surface area contributed by atoms with E-state index in [4.69, 9.17) is 0 Å². The Morgan fingerprint density at radius 1 is 0.950 bits per heavy atom. The first-order chi connectivity index (χ1) is 9.46. The van der Waals surface area contributed by atoms with Crippen LogP contribution >= 0.6 is 11.8 Å². The fourth-order valence-electron chi connectivity index (χ4n) is 1.59. The highest BCUT2D eigenvalue weighted by atomic mass is 32.2. The highest BCUT2D eigenvalue weighted by molar-refractivity contribution is 8.00. The highest BCUT2D eigenvalue weighted by Crippen LogP contribution is 2.38. The summed E-state index contributed by atoms with van der Waals surface area (Å²) in [6.45, 7) is 0. The van der Waals surface area contributed by atoms with E-state index in [-0.39, 0.29) is 22.2 Å². The van der Waals surface area contributed by atoms with Gasteiger partial charge in [0.1, 0.15) is 0 Å². The van der Waals surface area contributed by atoms with Crippen molar-refractivity contribution in [2.24, 2.45) is 0 Å². The van der Waals surface area contributed by atoms with Crippen molar-refractivity contribution in [1.82, 2.24) is 0 Å². The molecule has 2 nitrogen and oxygen atoms in total. The minimum absolute atomic E-state index is 0.00122. The van der Waals surface area contributed by atoms with Crippen LogP contribution in [0.1, 0.15) is 10.4 Å². The normalized spacial score (nSPS) is 11.2. The maximum atomic E-state index is 12.4. The van der Waals surface area contributed by atoms with Gasteiger partial charge in [0.05, 0.1) is 5.56 Å². The van der Waals surface area contributed by atoms with E-state index in [1.807, 2.05) is 0 Å². The molecule has 0 unspecified atom stereocenters. The average Bonchev–Trinajstić information content (AvgIpc) is 2.38. The second kappa shape index (κ2) is 6.00. The summed E-state index contributed by atoms with van der Waals surface area (Å²) in [5.74, 6) is -0.566. The number of anilines is 1. The quantitative estimate of drug-likeness (QED) is 0.842. The zero-order valence-electron chi connectivity index (χ0n) is 10.1. The van der Waals surface area contributed by atoms with Gasteiger partial charge in [0.15, 0.2) is 0 Å². The zero-order chi connectivity index (χ0) is 14.6. The Bertz CT molecular complexity index is 599. The number of hydrogen-bond acceptors (Lipinski definition) is 2. The molecule has 0 radical (unpaired) electrons. The maximum Gasteiger partial charge on any atom is 0.446 e. The summed E-state index contributed by atoms with van der Waals surface area (Å²) in [6, 6.07) is 14.2. The molecule has 20 heavy (non-hydrogen) atoms. The van der Waals surface area contributed by atoms with Gasteiger partial charge in [-0.1, -0.05) is 30.3 Å². The number of alkyl halides is 3. The first kappa shape index (κ1) is 14.5. The van der Waals surface area contributed by atoms with Gasteiger partial charge >= 0.3 is 5.51 Å². The molecule has 104 valence electrons. The number of halogens is 3. The Balaban J connectivity index is 2.22. The van der Waals surface area contributed by atoms with Crippen molar-refractivity contribution < 1.29 is 18.0 Å².